The van der Waals surface area contributed by atoms with Gasteiger partial charge in [0.15, 0.2) is 0 Å². The number of rotatable bonds is 8. The molecule has 2 heterocycles. The van der Waals surface area contributed by atoms with Crippen LogP contribution in [-0.4, -0.2) is 16.2 Å². The third-order valence-corrected chi connectivity index (χ3v) is 10.4. The van der Waals surface area contributed by atoms with Crippen LogP contribution in [0.2, 0.25) is 0 Å². The van der Waals surface area contributed by atoms with Crippen LogP contribution >= 0.6 is 0 Å². The van der Waals surface area contributed by atoms with Crippen LogP contribution < -0.4 is 5.32 Å². The van der Waals surface area contributed by atoms with Gasteiger partial charge >= 0.3 is 0 Å². The average Bonchev–Trinajstić information content (AvgIpc) is 3.72. The Balaban J connectivity index is 1.01. The summed E-state index contributed by atoms with van der Waals surface area (Å²) < 4.78 is 2.38. The van der Waals surface area contributed by atoms with E-state index in [4.69, 9.17) is 9.98 Å². The highest BCUT2D eigenvalue weighted by molar-refractivity contribution is 6.11. The molecule has 4 nitrogen and oxygen atoms in total. The smallest absolute Gasteiger partial charge is 0.147 e. The Labute approximate surface area is 311 Å². The van der Waals surface area contributed by atoms with Crippen LogP contribution in [0.3, 0.4) is 0 Å². The van der Waals surface area contributed by atoms with Crippen molar-refractivity contribution in [2.24, 2.45) is 9.98 Å². The summed E-state index contributed by atoms with van der Waals surface area (Å²) in [7, 11) is 0. The number of nitrogens with zero attached hydrogens (tertiary/aromatic N) is 3. The second-order valence-electron chi connectivity index (χ2n) is 13.7. The summed E-state index contributed by atoms with van der Waals surface area (Å²) in [6.07, 6.45) is 20.5. The number of para-hydroxylation sites is 2. The number of allylic oxidation sites excluding steroid dienone is 8. The molecule has 1 unspecified atom stereocenters. The lowest BCUT2D eigenvalue weighted by Gasteiger charge is -2.24. The first kappa shape index (κ1) is 32.4. The lowest BCUT2D eigenvalue weighted by Crippen LogP contribution is -2.33. The molecule has 9 rings (SSSR count). The van der Waals surface area contributed by atoms with E-state index >= 15 is 0 Å². The van der Waals surface area contributed by atoms with Gasteiger partial charge < -0.3 is 9.88 Å². The SMILES string of the molecule is C=CC1=C(/C=C\CC2=NC(c3ccccc3)NC(C3=C/C/C=C\C/C=C\3)=N2)c2ccc(-c3ccc4c5ccccc5n(-c5ccccc5)c4c3)cc2C1. The molecule has 1 aliphatic heterocycles. The summed E-state index contributed by atoms with van der Waals surface area (Å²) in [4.78, 5) is 10.1. The molecular weight excluding hydrogens is 645 g/mol. The number of hydrogen-bond acceptors (Lipinski definition) is 3. The first-order valence-corrected chi connectivity index (χ1v) is 18.5. The second kappa shape index (κ2) is 14.2. The van der Waals surface area contributed by atoms with Crippen molar-refractivity contribution in [1.29, 1.82) is 0 Å². The lowest BCUT2D eigenvalue weighted by atomic mass is 9.97. The molecular formula is C49H40N4. The highest BCUT2D eigenvalue weighted by atomic mass is 15.2. The van der Waals surface area contributed by atoms with Gasteiger partial charge in [-0.1, -0.05) is 152 Å². The summed E-state index contributed by atoms with van der Waals surface area (Å²) in [6, 6.07) is 43.5. The van der Waals surface area contributed by atoms with Crippen LogP contribution in [0.25, 0.3) is 44.2 Å². The van der Waals surface area contributed by atoms with E-state index in [0.717, 1.165) is 42.1 Å². The molecule has 0 bridgehead atoms. The predicted octanol–water partition coefficient (Wildman–Crippen LogP) is 11.8. The van der Waals surface area contributed by atoms with Gasteiger partial charge in [0.05, 0.1) is 11.0 Å². The number of hydrogen-bond donors (Lipinski definition) is 1. The number of aliphatic imine (C=N–C) groups is 2. The van der Waals surface area contributed by atoms with Crippen LogP contribution in [0.15, 0.2) is 198 Å². The van der Waals surface area contributed by atoms with Gasteiger partial charge in [0, 0.05) is 28.5 Å². The fourth-order valence-electron chi connectivity index (χ4n) is 7.77. The third kappa shape index (κ3) is 6.34. The first-order chi connectivity index (χ1) is 26.2. The van der Waals surface area contributed by atoms with Crippen molar-refractivity contribution >= 4 is 39.1 Å². The molecule has 1 N–H and O–H groups in total. The number of fused-ring (bicyclic) bond motifs is 4. The molecule has 5 aromatic carbocycles. The summed E-state index contributed by atoms with van der Waals surface area (Å²) >= 11 is 0. The van der Waals surface area contributed by atoms with Gasteiger partial charge in [-0.25, -0.2) is 9.98 Å². The van der Waals surface area contributed by atoms with Crippen LogP contribution in [0.4, 0.5) is 0 Å². The summed E-state index contributed by atoms with van der Waals surface area (Å²) in [6.45, 7) is 4.20. The average molecular weight is 685 g/mol. The van der Waals surface area contributed by atoms with Crippen molar-refractivity contribution in [3.63, 3.8) is 0 Å². The normalized spacial score (nSPS) is 19.2. The Kier molecular flexibility index (Phi) is 8.71. The van der Waals surface area contributed by atoms with Gasteiger partial charge in [-0.15, -0.1) is 0 Å². The van der Waals surface area contributed by atoms with Crippen molar-refractivity contribution in [2.75, 3.05) is 0 Å². The minimum atomic E-state index is -0.191. The van der Waals surface area contributed by atoms with Gasteiger partial charge in [0.1, 0.15) is 17.8 Å². The van der Waals surface area contributed by atoms with Gasteiger partial charge in [-0.05, 0) is 82.5 Å². The quantitative estimate of drug-likeness (QED) is 0.159. The second-order valence-corrected chi connectivity index (χ2v) is 13.7. The third-order valence-electron chi connectivity index (χ3n) is 10.4. The molecule has 1 atom stereocenters. The fraction of sp³-hybridized carbons (Fsp3) is 0.102. The zero-order chi connectivity index (χ0) is 35.6. The molecule has 256 valence electrons. The van der Waals surface area contributed by atoms with Crippen LogP contribution in [0, 0.1) is 0 Å². The molecule has 4 heteroatoms. The minimum absolute atomic E-state index is 0.191. The number of benzene rings is 5. The molecule has 0 saturated carbocycles. The molecule has 3 aliphatic rings. The highest BCUT2D eigenvalue weighted by Gasteiger charge is 2.22. The van der Waals surface area contributed by atoms with Gasteiger partial charge in [-0.3, -0.25) is 0 Å². The van der Waals surface area contributed by atoms with Crippen LogP contribution in [0.5, 0.6) is 0 Å². The lowest BCUT2D eigenvalue weighted by molar-refractivity contribution is 0.671. The van der Waals surface area contributed by atoms with Gasteiger partial charge in [0.25, 0.3) is 0 Å². The van der Waals surface area contributed by atoms with E-state index < -0.39 is 0 Å². The Bertz CT molecular complexity index is 2590. The Morgan fingerprint density at radius 2 is 1.51 bits per heavy atom. The standard InChI is InChI=1S/C49H40N4/c1-2-34-31-39-32-37(38-28-30-44-43-23-14-15-25-45(43)53(46(44)33-38)40-21-12-7-13-22-40)27-29-42(39)41(34)24-16-26-47-50-48(35-17-8-4-3-5-9-18-35)52-49(51-47)36-19-10-6-11-20-36/h2-4,6-7,9-25,27-30,32-33,49H,1,5,8,26,31H2,(H,50,51,52)/b4-3-,18-9-,24-16-,35-17+. The number of amidine groups is 2. The summed E-state index contributed by atoms with van der Waals surface area (Å²) in [5, 5.41) is 6.12. The zero-order valence-corrected chi connectivity index (χ0v) is 29.6. The van der Waals surface area contributed by atoms with Gasteiger partial charge in [0.2, 0.25) is 0 Å². The van der Waals surface area contributed by atoms with Crippen molar-refractivity contribution < 1.29 is 0 Å². The molecule has 2 aliphatic carbocycles. The number of nitrogens with one attached hydrogen (secondary N) is 1. The van der Waals surface area contributed by atoms with Crippen molar-refractivity contribution in [3.8, 4) is 16.8 Å². The minimum Gasteiger partial charge on any atom is -0.344 e. The molecule has 0 spiro atoms. The van der Waals surface area contributed by atoms with E-state index in [2.05, 4.69) is 174 Å². The predicted molar refractivity (Wildman–Crippen MR) is 224 cm³/mol. The van der Waals surface area contributed by atoms with Crippen LogP contribution in [-0.2, 0) is 6.42 Å². The number of aromatic nitrogens is 1. The van der Waals surface area contributed by atoms with Crippen LogP contribution in [0.1, 0.15) is 42.1 Å². The highest BCUT2D eigenvalue weighted by Crippen LogP contribution is 2.39. The monoisotopic (exact) mass is 684 g/mol. The van der Waals surface area contributed by atoms with E-state index in [9.17, 15) is 0 Å². The zero-order valence-electron chi connectivity index (χ0n) is 29.6. The largest absolute Gasteiger partial charge is 0.344 e. The molecule has 1 aromatic heterocycles. The molecule has 6 aromatic rings. The molecule has 0 saturated heterocycles. The van der Waals surface area contributed by atoms with Crippen molar-refractivity contribution in [2.45, 2.75) is 31.8 Å². The maximum atomic E-state index is 5.06. The fourth-order valence-corrected chi connectivity index (χ4v) is 7.77. The van der Waals surface area contributed by atoms with Crippen molar-refractivity contribution in [3.05, 3.63) is 204 Å². The summed E-state index contributed by atoms with van der Waals surface area (Å²) in [5.41, 5.74) is 13.3. The Hall–Kier alpha value is -6.52. The van der Waals surface area contributed by atoms with E-state index in [1.54, 1.807) is 0 Å². The van der Waals surface area contributed by atoms with E-state index in [-0.39, 0.29) is 6.17 Å². The molecule has 0 amide bonds. The maximum Gasteiger partial charge on any atom is 0.147 e. The maximum absolute atomic E-state index is 5.06. The Morgan fingerprint density at radius 3 is 2.38 bits per heavy atom. The van der Waals surface area contributed by atoms with E-state index in [1.807, 2.05) is 12.1 Å². The first-order valence-electron chi connectivity index (χ1n) is 18.5. The van der Waals surface area contributed by atoms with E-state index in [1.165, 1.54) is 60.9 Å². The topological polar surface area (TPSA) is 41.7 Å². The van der Waals surface area contributed by atoms with Gasteiger partial charge in [-0.2, -0.15) is 0 Å². The molecule has 0 radical (unpaired) electrons. The van der Waals surface area contributed by atoms with Crippen molar-refractivity contribution in [1.82, 2.24) is 9.88 Å². The molecule has 53 heavy (non-hydrogen) atoms. The Morgan fingerprint density at radius 1 is 0.755 bits per heavy atom. The molecule has 0 fully saturated rings. The van der Waals surface area contributed by atoms with E-state index in [0.29, 0.717) is 6.42 Å². The summed E-state index contributed by atoms with van der Waals surface area (Å²) in [5.74, 6) is 1.68.